The molecule has 3 rings (SSSR count). The zero-order valence-corrected chi connectivity index (χ0v) is 18.6. The summed E-state index contributed by atoms with van der Waals surface area (Å²) in [5.41, 5.74) is 2.11. The van der Waals surface area contributed by atoms with Crippen LogP contribution in [0.2, 0.25) is 0 Å². The number of nitrogens with zero attached hydrogens (tertiary/aromatic N) is 4. The maximum Gasteiger partial charge on any atom is 0.194 e. The van der Waals surface area contributed by atoms with E-state index in [2.05, 4.69) is 45.2 Å². The smallest absolute Gasteiger partial charge is 0.194 e. The first-order chi connectivity index (χ1) is 14.5. The van der Waals surface area contributed by atoms with Gasteiger partial charge < -0.3 is 24.2 Å². The number of rotatable bonds is 7. The monoisotopic (exact) mass is 415 g/mol. The Kier molecular flexibility index (Phi) is 7.57. The molecule has 30 heavy (non-hydrogen) atoms. The van der Waals surface area contributed by atoms with Crippen LogP contribution in [0, 0.1) is 0 Å². The topological polar surface area (TPSA) is 75.4 Å². The van der Waals surface area contributed by atoms with Gasteiger partial charge in [0.05, 0.1) is 26.5 Å². The van der Waals surface area contributed by atoms with Crippen molar-refractivity contribution in [1.29, 1.82) is 0 Å². The Bertz CT molecular complexity index is 841. The van der Waals surface area contributed by atoms with Gasteiger partial charge in [-0.3, -0.25) is 9.89 Å². The lowest BCUT2D eigenvalue weighted by molar-refractivity contribution is 0.170. The average molecular weight is 416 g/mol. The van der Waals surface area contributed by atoms with Crippen molar-refractivity contribution in [3.05, 3.63) is 41.3 Å². The highest BCUT2D eigenvalue weighted by Crippen LogP contribution is 2.25. The fourth-order valence-corrected chi connectivity index (χ4v) is 3.55. The molecule has 0 saturated carbocycles. The van der Waals surface area contributed by atoms with Gasteiger partial charge in [-0.25, -0.2) is 0 Å². The Morgan fingerprint density at radius 2 is 1.93 bits per heavy atom. The van der Waals surface area contributed by atoms with E-state index >= 15 is 0 Å². The first kappa shape index (κ1) is 22.0. The van der Waals surface area contributed by atoms with E-state index < -0.39 is 0 Å². The van der Waals surface area contributed by atoms with Crippen LogP contribution in [0.4, 0.5) is 0 Å². The summed E-state index contributed by atoms with van der Waals surface area (Å²) in [7, 11) is 5.21. The molecule has 8 heteroatoms. The number of methoxy groups -OCH3 is 2. The van der Waals surface area contributed by atoms with E-state index in [4.69, 9.17) is 14.0 Å². The molecule has 164 valence electrons. The summed E-state index contributed by atoms with van der Waals surface area (Å²) in [4.78, 5) is 9.14. The van der Waals surface area contributed by atoms with Crippen molar-refractivity contribution in [2.24, 2.45) is 4.99 Å². The highest BCUT2D eigenvalue weighted by atomic mass is 16.5. The predicted molar refractivity (Wildman–Crippen MR) is 117 cm³/mol. The minimum absolute atomic E-state index is 0.359. The number of ether oxygens (including phenoxy) is 2. The van der Waals surface area contributed by atoms with Crippen LogP contribution < -0.4 is 14.8 Å². The summed E-state index contributed by atoms with van der Waals surface area (Å²) in [5, 5.41) is 7.51. The second-order valence-corrected chi connectivity index (χ2v) is 7.71. The molecule has 8 nitrogen and oxygen atoms in total. The molecule has 2 aromatic rings. The van der Waals surface area contributed by atoms with Crippen molar-refractivity contribution in [2.45, 2.75) is 32.9 Å². The first-order valence-corrected chi connectivity index (χ1v) is 10.4. The number of aromatic nitrogens is 1. The number of piperazine rings is 1. The van der Waals surface area contributed by atoms with Gasteiger partial charge in [0.1, 0.15) is 11.5 Å². The maximum atomic E-state index is 5.52. The molecule has 1 N–H and O–H groups in total. The van der Waals surface area contributed by atoms with E-state index in [1.54, 1.807) is 14.2 Å². The van der Waals surface area contributed by atoms with Gasteiger partial charge in [0, 0.05) is 51.4 Å². The molecule has 1 aromatic carbocycles. The number of hydrogen-bond donors (Lipinski definition) is 1. The van der Waals surface area contributed by atoms with Crippen molar-refractivity contribution in [3.8, 4) is 11.5 Å². The van der Waals surface area contributed by atoms with Crippen LogP contribution >= 0.6 is 0 Å². The van der Waals surface area contributed by atoms with Crippen molar-refractivity contribution >= 4 is 5.96 Å². The van der Waals surface area contributed by atoms with Crippen molar-refractivity contribution in [3.63, 3.8) is 0 Å². The molecule has 0 aliphatic carbocycles. The van der Waals surface area contributed by atoms with E-state index in [-0.39, 0.29) is 0 Å². The van der Waals surface area contributed by atoms with Crippen LogP contribution in [0.25, 0.3) is 0 Å². The summed E-state index contributed by atoms with van der Waals surface area (Å²) in [6.07, 6.45) is 0. The fourth-order valence-electron chi connectivity index (χ4n) is 3.55. The number of benzene rings is 1. The molecule has 1 aliphatic rings. The highest BCUT2D eigenvalue weighted by Gasteiger charge is 2.21. The molecule has 1 fully saturated rings. The van der Waals surface area contributed by atoms with Crippen molar-refractivity contribution < 1.29 is 14.0 Å². The zero-order valence-electron chi connectivity index (χ0n) is 18.6. The Hall–Kier alpha value is -2.74. The van der Waals surface area contributed by atoms with Gasteiger partial charge in [-0.15, -0.1) is 0 Å². The Morgan fingerprint density at radius 3 is 2.53 bits per heavy atom. The number of guanidine groups is 1. The summed E-state index contributed by atoms with van der Waals surface area (Å²) in [5.74, 6) is 3.81. The molecule has 1 aromatic heterocycles. The van der Waals surface area contributed by atoms with Gasteiger partial charge in [-0.05, 0) is 24.1 Å². The molecule has 2 heterocycles. The molecule has 0 unspecified atom stereocenters. The molecule has 1 aliphatic heterocycles. The standard InChI is InChI=1S/C22H33N5O3/c1-16(2)20-13-19(30-25-20)14-24-22(23-3)27-10-8-26(9-11-27)15-17-12-18(28-4)6-7-21(17)29-5/h6-7,12-13,16H,8-11,14-15H2,1-5H3,(H,23,24). The van der Waals surface area contributed by atoms with Crippen LogP contribution in [0.5, 0.6) is 11.5 Å². The second kappa shape index (κ2) is 10.3. The number of nitrogens with one attached hydrogen (secondary N) is 1. The van der Waals surface area contributed by atoms with E-state index in [1.165, 1.54) is 0 Å². The lowest BCUT2D eigenvalue weighted by Crippen LogP contribution is -2.52. The third kappa shape index (κ3) is 5.44. The Labute approximate surface area is 178 Å². The highest BCUT2D eigenvalue weighted by molar-refractivity contribution is 5.79. The van der Waals surface area contributed by atoms with Gasteiger partial charge in [0.25, 0.3) is 0 Å². The minimum atomic E-state index is 0.359. The first-order valence-electron chi connectivity index (χ1n) is 10.4. The van der Waals surface area contributed by atoms with Crippen molar-refractivity contribution in [1.82, 2.24) is 20.3 Å². The lowest BCUT2D eigenvalue weighted by Gasteiger charge is -2.36. The number of hydrogen-bond acceptors (Lipinski definition) is 6. The summed E-state index contributed by atoms with van der Waals surface area (Å²) < 4.78 is 16.3. The van der Waals surface area contributed by atoms with E-state index in [9.17, 15) is 0 Å². The van der Waals surface area contributed by atoms with Crippen LogP contribution in [0.15, 0.2) is 33.8 Å². The molecule has 0 atom stereocenters. The van der Waals surface area contributed by atoms with Gasteiger partial charge in [-0.1, -0.05) is 19.0 Å². The zero-order chi connectivity index (χ0) is 21.5. The normalized spacial score (nSPS) is 15.5. The van der Waals surface area contributed by atoms with E-state index in [0.717, 1.165) is 67.2 Å². The Balaban J connectivity index is 1.52. The van der Waals surface area contributed by atoms with Gasteiger partial charge >= 0.3 is 0 Å². The maximum absolute atomic E-state index is 5.52. The van der Waals surface area contributed by atoms with Gasteiger partial charge in [0.2, 0.25) is 0 Å². The molecule has 0 amide bonds. The average Bonchev–Trinajstić information content (AvgIpc) is 3.24. The molecule has 0 bridgehead atoms. The fraction of sp³-hybridized carbons (Fsp3) is 0.545. The Morgan fingerprint density at radius 1 is 1.17 bits per heavy atom. The molecular weight excluding hydrogens is 382 g/mol. The van der Waals surface area contributed by atoms with Gasteiger partial charge in [-0.2, -0.15) is 0 Å². The van der Waals surface area contributed by atoms with Crippen LogP contribution in [0.1, 0.15) is 36.8 Å². The summed E-state index contributed by atoms with van der Waals surface area (Å²) in [6, 6.07) is 7.94. The summed E-state index contributed by atoms with van der Waals surface area (Å²) in [6.45, 7) is 9.31. The summed E-state index contributed by atoms with van der Waals surface area (Å²) >= 11 is 0. The van der Waals surface area contributed by atoms with Crippen LogP contribution in [-0.4, -0.2) is 68.4 Å². The molecular formula is C22H33N5O3. The predicted octanol–water partition coefficient (Wildman–Crippen LogP) is 2.71. The van der Waals surface area contributed by atoms with Crippen molar-refractivity contribution in [2.75, 3.05) is 47.4 Å². The molecule has 0 radical (unpaired) electrons. The van der Waals surface area contributed by atoms with Crippen LogP contribution in [-0.2, 0) is 13.1 Å². The third-order valence-corrected chi connectivity index (χ3v) is 5.35. The van der Waals surface area contributed by atoms with Gasteiger partial charge in [0.15, 0.2) is 11.7 Å². The minimum Gasteiger partial charge on any atom is -0.497 e. The van der Waals surface area contributed by atoms with E-state index in [0.29, 0.717) is 12.5 Å². The molecule has 0 spiro atoms. The number of aliphatic imine (C=N–C) groups is 1. The largest absolute Gasteiger partial charge is 0.497 e. The SMILES string of the molecule is CN=C(NCc1cc(C(C)C)no1)N1CCN(Cc2cc(OC)ccc2OC)CC1. The third-order valence-electron chi connectivity index (χ3n) is 5.35. The molecule has 1 saturated heterocycles. The van der Waals surface area contributed by atoms with Crippen LogP contribution in [0.3, 0.4) is 0 Å². The second-order valence-electron chi connectivity index (χ2n) is 7.71. The van der Waals surface area contributed by atoms with E-state index in [1.807, 2.05) is 25.2 Å². The lowest BCUT2D eigenvalue weighted by atomic mass is 10.1. The quantitative estimate of drug-likeness (QED) is 0.550.